The number of nitrogens with one attached hydrogen (secondary N) is 2. The molecule has 0 unspecified atom stereocenters. The number of nitrogens with zero attached hydrogens (tertiary/aromatic N) is 1. The summed E-state index contributed by atoms with van der Waals surface area (Å²) in [7, 11) is 0. The van der Waals surface area contributed by atoms with Gasteiger partial charge in [0.25, 0.3) is 0 Å². The van der Waals surface area contributed by atoms with E-state index in [4.69, 9.17) is 5.73 Å². The number of carbonyl (C=O) groups excluding carboxylic acids is 2. The Morgan fingerprint density at radius 1 is 1.45 bits per heavy atom. The summed E-state index contributed by atoms with van der Waals surface area (Å²) in [4.78, 5) is 29.4. The van der Waals surface area contributed by atoms with Gasteiger partial charge in [0.05, 0.1) is 6.42 Å². The molecule has 4 N–H and O–H groups in total. The van der Waals surface area contributed by atoms with Gasteiger partial charge in [0.15, 0.2) is 0 Å². The number of hydrogen-bond acceptors (Lipinski definition) is 3. The lowest BCUT2D eigenvalue weighted by molar-refractivity contribution is -0.113. The van der Waals surface area contributed by atoms with E-state index in [2.05, 4.69) is 15.3 Å². The van der Waals surface area contributed by atoms with E-state index in [0.29, 0.717) is 11.5 Å². The molecule has 0 aliphatic carbocycles. The summed E-state index contributed by atoms with van der Waals surface area (Å²) in [6.45, 7) is 0. The third-order valence-corrected chi connectivity index (χ3v) is 2.58. The molecule has 103 valence electrons. The number of aromatic amines is 1. The molecule has 0 aliphatic rings. The first-order chi connectivity index (χ1) is 9.56. The topological polar surface area (TPSA) is 101 Å². The lowest BCUT2D eigenvalue weighted by Crippen LogP contribution is -2.17. The van der Waals surface area contributed by atoms with Gasteiger partial charge in [0.1, 0.15) is 5.82 Å². The number of rotatable bonds is 5. The summed E-state index contributed by atoms with van der Waals surface area (Å²) in [5.74, 6) is -1.36. The third-order valence-electron chi connectivity index (χ3n) is 2.58. The molecule has 6 nitrogen and oxygen atoms in total. The molecule has 2 aromatic rings. The molecule has 20 heavy (non-hydrogen) atoms. The highest BCUT2D eigenvalue weighted by Crippen LogP contribution is 2.13. The van der Waals surface area contributed by atoms with Crippen LogP contribution in [0.5, 0.6) is 0 Å². The van der Waals surface area contributed by atoms with E-state index in [1.807, 2.05) is 0 Å². The van der Waals surface area contributed by atoms with Crippen molar-refractivity contribution in [3.8, 4) is 0 Å². The van der Waals surface area contributed by atoms with Crippen LogP contribution in [0.15, 0.2) is 30.6 Å². The Morgan fingerprint density at radius 3 is 2.90 bits per heavy atom. The van der Waals surface area contributed by atoms with Crippen LogP contribution in [0.3, 0.4) is 0 Å². The number of hydrogen-bond donors (Lipinski definition) is 3. The molecule has 1 heterocycles. The first-order valence-electron chi connectivity index (χ1n) is 5.78. The summed E-state index contributed by atoms with van der Waals surface area (Å²) in [5, 5.41) is 2.50. The van der Waals surface area contributed by atoms with Crippen LogP contribution in [-0.4, -0.2) is 21.8 Å². The molecule has 0 spiro atoms. The van der Waals surface area contributed by atoms with Crippen molar-refractivity contribution < 1.29 is 14.0 Å². The number of H-pyrrole nitrogens is 1. The molecule has 0 atom stereocenters. The summed E-state index contributed by atoms with van der Waals surface area (Å²) in [5.41, 5.74) is 5.71. The van der Waals surface area contributed by atoms with E-state index in [0.717, 1.165) is 6.07 Å². The lowest BCUT2D eigenvalue weighted by atomic mass is 10.0. The maximum absolute atomic E-state index is 13.0. The van der Waals surface area contributed by atoms with E-state index in [1.165, 1.54) is 24.8 Å². The molecule has 0 aliphatic heterocycles. The number of imidazole rings is 1. The van der Waals surface area contributed by atoms with E-state index < -0.39 is 11.7 Å². The van der Waals surface area contributed by atoms with Crippen LogP contribution in [0, 0.1) is 12.2 Å². The van der Waals surface area contributed by atoms with Crippen LogP contribution in [0.1, 0.15) is 15.9 Å². The average molecular weight is 275 g/mol. The number of primary amides is 1. The molecule has 7 heteroatoms. The molecule has 2 amide bonds. The number of carbonyl (C=O) groups is 2. The minimum Gasteiger partial charge on any atom is -0.366 e. The molecule has 0 saturated carbocycles. The second-order valence-electron chi connectivity index (χ2n) is 4.00. The van der Waals surface area contributed by atoms with Crippen molar-refractivity contribution in [2.24, 2.45) is 5.73 Å². The number of nitrogens with two attached hydrogens (primary N) is 1. The normalized spacial score (nSPS) is 10.2. The van der Waals surface area contributed by atoms with Crippen molar-refractivity contribution in [1.29, 1.82) is 0 Å². The fraction of sp³-hybridized carbons (Fsp3) is 0.0769. The second kappa shape index (κ2) is 5.96. The van der Waals surface area contributed by atoms with Crippen LogP contribution in [0.2, 0.25) is 0 Å². The van der Waals surface area contributed by atoms with Gasteiger partial charge in [-0.3, -0.25) is 14.9 Å². The average Bonchev–Trinajstić information content (AvgIpc) is 2.90. The molecular weight excluding hydrogens is 263 g/mol. The summed E-state index contributed by atoms with van der Waals surface area (Å²) < 4.78 is 13.0. The highest BCUT2D eigenvalue weighted by Gasteiger charge is 2.12. The van der Waals surface area contributed by atoms with Crippen molar-refractivity contribution in [2.75, 3.05) is 5.32 Å². The highest BCUT2D eigenvalue weighted by molar-refractivity contribution is 5.97. The van der Waals surface area contributed by atoms with Crippen LogP contribution >= 0.6 is 0 Å². The quantitative estimate of drug-likeness (QED) is 0.759. The van der Waals surface area contributed by atoms with Gasteiger partial charge in [-0.25, -0.2) is 9.37 Å². The van der Waals surface area contributed by atoms with Crippen LogP contribution < -0.4 is 11.1 Å². The van der Waals surface area contributed by atoms with Gasteiger partial charge >= 0.3 is 0 Å². The fourth-order valence-electron chi connectivity index (χ4n) is 1.66. The zero-order valence-electron chi connectivity index (χ0n) is 10.4. The summed E-state index contributed by atoms with van der Waals surface area (Å²) in [6.07, 6.45) is 4.55. The second-order valence-corrected chi connectivity index (χ2v) is 4.00. The molecular formula is C13H12FN4O2. The van der Waals surface area contributed by atoms with Crippen LogP contribution in [0.4, 0.5) is 10.3 Å². The molecule has 0 bridgehead atoms. The van der Waals surface area contributed by atoms with Gasteiger partial charge in [-0.2, -0.15) is 0 Å². The molecule has 0 saturated heterocycles. The molecule has 1 aromatic carbocycles. The fourth-order valence-corrected chi connectivity index (χ4v) is 1.66. The monoisotopic (exact) mass is 275 g/mol. The molecule has 2 rings (SSSR count). The van der Waals surface area contributed by atoms with E-state index in [9.17, 15) is 14.0 Å². The minimum atomic E-state index is -0.737. The van der Waals surface area contributed by atoms with Gasteiger partial charge in [-0.15, -0.1) is 0 Å². The van der Waals surface area contributed by atoms with Crippen LogP contribution in [0.25, 0.3) is 0 Å². The van der Waals surface area contributed by atoms with Crippen molar-refractivity contribution in [3.63, 3.8) is 0 Å². The van der Waals surface area contributed by atoms with E-state index >= 15 is 0 Å². The molecule has 0 fully saturated rings. The Kier molecular flexibility index (Phi) is 4.09. The van der Waals surface area contributed by atoms with Crippen molar-refractivity contribution in [3.05, 3.63) is 54.0 Å². The number of amides is 2. The number of halogens is 1. The van der Waals surface area contributed by atoms with Gasteiger partial charge < -0.3 is 10.7 Å². The van der Waals surface area contributed by atoms with Crippen molar-refractivity contribution in [1.82, 2.24) is 9.97 Å². The smallest absolute Gasteiger partial charge is 0.249 e. The minimum absolute atomic E-state index is 0.0621. The van der Waals surface area contributed by atoms with Crippen LogP contribution in [-0.2, 0) is 11.2 Å². The maximum Gasteiger partial charge on any atom is 0.249 e. The molecule has 1 radical (unpaired) electrons. The zero-order valence-corrected chi connectivity index (χ0v) is 10.4. The molecule has 1 aromatic heterocycles. The number of anilines is 1. The standard InChI is InChI=1S/C13H12FN4O2/c14-9-3-1-8(10(7-9)12(15)20)2-4-11(19)18-13-16-5-6-17-13/h1,3-7H,2H2,(H2,15,20)(H2,16,17,18,19). The Labute approximate surface area is 114 Å². The lowest BCUT2D eigenvalue weighted by Gasteiger charge is -2.06. The SMILES string of the molecule is NC(=O)c1cc(F)ccc1C[CH]C(=O)Nc1ncc[nH]1. The highest BCUT2D eigenvalue weighted by atomic mass is 19.1. The predicted octanol–water partition coefficient (Wildman–Crippen LogP) is 1.03. The largest absolute Gasteiger partial charge is 0.366 e. The Morgan fingerprint density at radius 2 is 2.25 bits per heavy atom. The maximum atomic E-state index is 13.0. The van der Waals surface area contributed by atoms with Gasteiger partial charge in [-0.1, -0.05) is 6.07 Å². The first-order valence-corrected chi connectivity index (χ1v) is 5.78. The third kappa shape index (κ3) is 3.41. The first kappa shape index (κ1) is 13.7. The van der Waals surface area contributed by atoms with Gasteiger partial charge in [0, 0.05) is 18.0 Å². The Hall–Kier alpha value is -2.70. The number of benzene rings is 1. The van der Waals surface area contributed by atoms with E-state index in [-0.39, 0.29) is 17.9 Å². The Balaban J connectivity index is 2.00. The zero-order chi connectivity index (χ0) is 14.5. The summed E-state index contributed by atoms with van der Waals surface area (Å²) in [6, 6.07) is 3.68. The number of aromatic nitrogens is 2. The van der Waals surface area contributed by atoms with Crippen molar-refractivity contribution in [2.45, 2.75) is 6.42 Å². The van der Waals surface area contributed by atoms with Gasteiger partial charge in [0.2, 0.25) is 17.8 Å². The predicted molar refractivity (Wildman–Crippen MR) is 70.1 cm³/mol. The van der Waals surface area contributed by atoms with E-state index in [1.54, 1.807) is 6.20 Å². The van der Waals surface area contributed by atoms with Crippen molar-refractivity contribution >= 4 is 17.8 Å². The Bertz CT molecular complexity index is 625. The summed E-state index contributed by atoms with van der Waals surface area (Å²) >= 11 is 0. The van der Waals surface area contributed by atoms with Gasteiger partial charge in [-0.05, 0) is 24.1 Å².